The Kier molecular flexibility index (Phi) is 5.20. The maximum absolute atomic E-state index is 11.6. The van der Waals surface area contributed by atoms with E-state index in [2.05, 4.69) is 15.9 Å². The van der Waals surface area contributed by atoms with Gasteiger partial charge in [0.1, 0.15) is 37.6 Å². The number of ether oxygens (including phenoxy) is 2. The van der Waals surface area contributed by atoms with Crippen LogP contribution in [0.2, 0.25) is 0 Å². The van der Waals surface area contributed by atoms with Gasteiger partial charge < -0.3 is 19.0 Å². The van der Waals surface area contributed by atoms with Crippen molar-refractivity contribution in [1.29, 1.82) is 0 Å². The molecule has 0 unspecified atom stereocenters. The maximum Gasteiger partial charge on any atom is 0.227 e. The predicted octanol–water partition coefficient (Wildman–Crippen LogP) is 2.35. The van der Waals surface area contributed by atoms with Gasteiger partial charge in [-0.05, 0) is 18.2 Å². The Hall–Kier alpha value is -1.79. The van der Waals surface area contributed by atoms with E-state index in [0.717, 1.165) is 4.47 Å². The molecule has 0 aliphatic carbocycles. The summed E-state index contributed by atoms with van der Waals surface area (Å²) in [4.78, 5) is 11.6. The van der Waals surface area contributed by atoms with Crippen LogP contribution in [-0.4, -0.2) is 18.3 Å². The second-order valence-electron chi connectivity index (χ2n) is 3.89. The summed E-state index contributed by atoms with van der Waals surface area (Å²) in [6.07, 6.45) is 1.19. The molecule has 0 fully saturated rings. The van der Waals surface area contributed by atoms with Gasteiger partial charge in [0, 0.05) is 10.5 Å². The molecule has 0 bridgehead atoms. The lowest BCUT2D eigenvalue weighted by molar-refractivity contribution is 0.207. The van der Waals surface area contributed by atoms with Gasteiger partial charge in [0.15, 0.2) is 0 Å². The van der Waals surface area contributed by atoms with Crippen molar-refractivity contribution < 1.29 is 19.0 Å². The second kappa shape index (κ2) is 7.12. The summed E-state index contributed by atoms with van der Waals surface area (Å²) in [5.74, 6) is 1.01. The Morgan fingerprint density at radius 3 is 2.70 bits per heavy atom. The molecule has 5 nitrogen and oxygen atoms in total. The standard InChI is InChI=1S/C14H13BrO5/c15-10-2-1-3-11(6-10)18-4-5-19-14-9-20-12(8-16)7-13(14)17/h1-3,6-7,9,16H,4-5,8H2. The van der Waals surface area contributed by atoms with Crippen molar-refractivity contribution in [3.63, 3.8) is 0 Å². The van der Waals surface area contributed by atoms with Crippen LogP contribution in [0.25, 0.3) is 0 Å². The van der Waals surface area contributed by atoms with Crippen molar-refractivity contribution in [3.8, 4) is 11.5 Å². The van der Waals surface area contributed by atoms with Gasteiger partial charge in [-0.1, -0.05) is 22.0 Å². The van der Waals surface area contributed by atoms with E-state index in [4.69, 9.17) is 19.0 Å². The molecule has 0 atom stereocenters. The summed E-state index contributed by atoms with van der Waals surface area (Å²) in [6, 6.07) is 8.63. The predicted molar refractivity (Wildman–Crippen MR) is 76.0 cm³/mol. The molecule has 1 heterocycles. The zero-order valence-electron chi connectivity index (χ0n) is 10.5. The van der Waals surface area contributed by atoms with Gasteiger partial charge in [-0.25, -0.2) is 0 Å². The molecule has 1 N–H and O–H groups in total. The fourth-order valence-corrected chi connectivity index (χ4v) is 1.87. The van der Waals surface area contributed by atoms with E-state index in [0.29, 0.717) is 12.4 Å². The minimum atomic E-state index is -0.331. The van der Waals surface area contributed by atoms with E-state index in [1.54, 1.807) is 0 Å². The summed E-state index contributed by atoms with van der Waals surface area (Å²) in [7, 11) is 0. The van der Waals surface area contributed by atoms with Gasteiger partial charge >= 0.3 is 0 Å². The van der Waals surface area contributed by atoms with Crippen LogP contribution in [0.1, 0.15) is 5.76 Å². The maximum atomic E-state index is 11.6. The Morgan fingerprint density at radius 1 is 1.20 bits per heavy atom. The molecular weight excluding hydrogens is 328 g/mol. The minimum Gasteiger partial charge on any atom is -0.490 e. The molecule has 0 spiro atoms. The van der Waals surface area contributed by atoms with Crippen LogP contribution in [0.5, 0.6) is 11.5 Å². The molecule has 0 saturated heterocycles. The monoisotopic (exact) mass is 340 g/mol. The highest BCUT2D eigenvalue weighted by Crippen LogP contribution is 2.17. The molecule has 1 aromatic heterocycles. The lowest BCUT2D eigenvalue weighted by Crippen LogP contribution is -2.14. The zero-order valence-corrected chi connectivity index (χ0v) is 12.1. The van der Waals surface area contributed by atoms with E-state index in [1.807, 2.05) is 24.3 Å². The molecule has 106 valence electrons. The van der Waals surface area contributed by atoms with Crippen LogP contribution < -0.4 is 14.9 Å². The SMILES string of the molecule is O=c1cc(CO)occ1OCCOc1cccc(Br)c1. The topological polar surface area (TPSA) is 68.9 Å². The smallest absolute Gasteiger partial charge is 0.227 e. The number of aliphatic hydroxyl groups is 1. The number of hydrogen-bond acceptors (Lipinski definition) is 5. The molecule has 1 aromatic carbocycles. The molecule has 0 aliphatic heterocycles. The van der Waals surface area contributed by atoms with Crippen LogP contribution in [0.4, 0.5) is 0 Å². The Bertz CT molecular complexity index is 623. The van der Waals surface area contributed by atoms with E-state index in [-0.39, 0.29) is 30.2 Å². The van der Waals surface area contributed by atoms with Crippen LogP contribution >= 0.6 is 15.9 Å². The fraction of sp³-hybridized carbons (Fsp3) is 0.214. The summed E-state index contributed by atoms with van der Waals surface area (Å²) >= 11 is 3.35. The number of aliphatic hydroxyl groups excluding tert-OH is 1. The van der Waals surface area contributed by atoms with E-state index in [9.17, 15) is 4.79 Å². The number of hydrogen-bond donors (Lipinski definition) is 1. The van der Waals surface area contributed by atoms with Crippen molar-refractivity contribution in [2.75, 3.05) is 13.2 Å². The molecule has 0 amide bonds. The van der Waals surface area contributed by atoms with E-state index in [1.165, 1.54) is 12.3 Å². The van der Waals surface area contributed by atoms with Crippen molar-refractivity contribution in [2.45, 2.75) is 6.61 Å². The lowest BCUT2D eigenvalue weighted by Gasteiger charge is -2.08. The van der Waals surface area contributed by atoms with Gasteiger partial charge in [0.05, 0.1) is 0 Å². The highest BCUT2D eigenvalue weighted by atomic mass is 79.9. The number of benzene rings is 1. The molecule has 2 rings (SSSR count). The van der Waals surface area contributed by atoms with Crippen molar-refractivity contribution >= 4 is 15.9 Å². The van der Waals surface area contributed by atoms with Gasteiger partial charge in [-0.3, -0.25) is 4.79 Å². The summed E-state index contributed by atoms with van der Waals surface area (Å²) in [6.45, 7) is 0.203. The first-order valence-corrected chi connectivity index (χ1v) is 6.72. The summed E-state index contributed by atoms with van der Waals surface area (Å²) in [5.41, 5.74) is -0.331. The van der Waals surface area contributed by atoms with Crippen molar-refractivity contribution in [3.05, 3.63) is 57.1 Å². The van der Waals surface area contributed by atoms with Crippen LogP contribution in [-0.2, 0) is 6.61 Å². The van der Waals surface area contributed by atoms with Gasteiger partial charge in [0.2, 0.25) is 11.2 Å². The third-order valence-electron chi connectivity index (χ3n) is 2.41. The molecular formula is C14H13BrO5. The largest absolute Gasteiger partial charge is 0.490 e. The number of halogens is 1. The molecule has 0 saturated carbocycles. The Balaban J connectivity index is 1.83. The van der Waals surface area contributed by atoms with Crippen LogP contribution in [0.15, 0.2) is 50.3 Å². The first-order chi connectivity index (χ1) is 9.69. The number of rotatable bonds is 6. The van der Waals surface area contributed by atoms with E-state index < -0.39 is 0 Å². The molecule has 6 heteroatoms. The zero-order chi connectivity index (χ0) is 14.4. The molecule has 0 aliphatic rings. The van der Waals surface area contributed by atoms with Crippen molar-refractivity contribution in [1.82, 2.24) is 0 Å². The average Bonchev–Trinajstić information content (AvgIpc) is 2.45. The average molecular weight is 341 g/mol. The highest BCUT2D eigenvalue weighted by Gasteiger charge is 2.04. The fourth-order valence-electron chi connectivity index (χ4n) is 1.49. The molecule has 0 radical (unpaired) electrons. The van der Waals surface area contributed by atoms with Crippen LogP contribution in [0.3, 0.4) is 0 Å². The second-order valence-corrected chi connectivity index (χ2v) is 4.80. The third kappa shape index (κ3) is 4.11. The van der Waals surface area contributed by atoms with Gasteiger partial charge in [-0.2, -0.15) is 0 Å². The van der Waals surface area contributed by atoms with Gasteiger partial charge in [-0.15, -0.1) is 0 Å². The first kappa shape index (κ1) is 14.6. The van der Waals surface area contributed by atoms with Gasteiger partial charge in [0.25, 0.3) is 0 Å². The third-order valence-corrected chi connectivity index (χ3v) is 2.91. The quantitative estimate of drug-likeness (QED) is 0.817. The Labute approximate surface area is 123 Å². The summed E-state index contributed by atoms with van der Waals surface area (Å²) in [5, 5.41) is 8.82. The normalized spacial score (nSPS) is 10.3. The highest BCUT2D eigenvalue weighted by molar-refractivity contribution is 9.10. The van der Waals surface area contributed by atoms with E-state index >= 15 is 0 Å². The first-order valence-electron chi connectivity index (χ1n) is 5.93. The minimum absolute atomic E-state index is 0.0973. The van der Waals surface area contributed by atoms with Crippen LogP contribution in [0, 0.1) is 0 Å². The molecule has 2 aromatic rings. The lowest BCUT2D eigenvalue weighted by atomic mass is 10.3. The summed E-state index contributed by atoms with van der Waals surface area (Å²) < 4.78 is 16.7. The Morgan fingerprint density at radius 2 is 2.00 bits per heavy atom. The molecule has 20 heavy (non-hydrogen) atoms. The van der Waals surface area contributed by atoms with Crippen molar-refractivity contribution in [2.24, 2.45) is 0 Å².